The molecule has 0 aliphatic heterocycles. The maximum absolute atomic E-state index is 12.4. The summed E-state index contributed by atoms with van der Waals surface area (Å²) in [6.07, 6.45) is 3.23. The van der Waals surface area contributed by atoms with E-state index in [2.05, 4.69) is 19.4 Å². The first-order valence-electron chi connectivity index (χ1n) is 8.36. The van der Waals surface area contributed by atoms with Crippen LogP contribution in [0.4, 0.5) is 14.5 Å². The van der Waals surface area contributed by atoms with E-state index in [9.17, 15) is 17.2 Å². The molecule has 0 radical (unpaired) electrons. The number of pyridine rings is 1. The Labute approximate surface area is 164 Å². The monoisotopic (exact) mass is 419 g/mol. The van der Waals surface area contributed by atoms with E-state index >= 15 is 0 Å². The smallest absolute Gasteiger partial charge is 0.387 e. The normalized spacial score (nSPS) is 12.0. The number of nitrogens with zero attached hydrogens (tertiary/aromatic N) is 3. The van der Waals surface area contributed by atoms with Gasteiger partial charge in [0.2, 0.25) is 0 Å². The fraction of sp³-hybridized carbons (Fsp3) is 0.111. The molecule has 0 aliphatic rings. The molecular formula is C18H15F2N5O3S. The SMILES string of the molecule is NS(=O)(=O)Nc1ccc(Cn2cnc3cnc4cc(OC(F)F)ccc4c32)cc1. The second kappa shape index (κ2) is 7.26. The predicted octanol–water partition coefficient (Wildman–Crippen LogP) is 2.85. The number of nitrogens with two attached hydrogens (primary N) is 1. The Hall–Kier alpha value is -3.31. The van der Waals surface area contributed by atoms with Gasteiger partial charge in [-0.05, 0) is 29.8 Å². The van der Waals surface area contributed by atoms with Gasteiger partial charge < -0.3 is 9.30 Å². The maximum atomic E-state index is 12.4. The van der Waals surface area contributed by atoms with E-state index in [0.29, 0.717) is 23.3 Å². The zero-order valence-electron chi connectivity index (χ0n) is 14.8. The van der Waals surface area contributed by atoms with Crippen molar-refractivity contribution in [2.75, 3.05) is 4.72 Å². The van der Waals surface area contributed by atoms with Crippen molar-refractivity contribution in [3.8, 4) is 5.75 Å². The molecule has 0 bridgehead atoms. The molecule has 0 saturated heterocycles. The van der Waals surface area contributed by atoms with Crippen LogP contribution < -0.4 is 14.6 Å². The minimum absolute atomic E-state index is 0.0309. The molecule has 29 heavy (non-hydrogen) atoms. The molecule has 0 aliphatic carbocycles. The van der Waals surface area contributed by atoms with Gasteiger partial charge in [-0.15, -0.1) is 0 Å². The average molecular weight is 419 g/mol. The zero-order chi connectivity index (χ0) is 20.6. The van der Waals surface area contributed by atoms with Gasteiger partial charge in [-0.2, -0.15) is 17.2 Å². The van der Waals surface area contributed by atoms with E-state index in [1.807, 2.05) is 4.57 Å². The van der Waals surface area contributed by atoms with E-state index in [0.717, 1.165) is 16.5 Å². The van der Waals surface area contributed by atoms with Crippen LogP contribution in [0.1, 0.15) is 5.56 Å². The van der Waals surface area contributed by atoms with Crippen molar-refractivity contribution in [2.45, 2.75) is 13.2 Å². The lowest BCUT2D eigenvalue weighted by Crippen LogP contribution is -2.21. The lowest BCUT2D eigenvalue weighted by Gasteiger charge is -2.09. The highest BCUT2D eigenvalue weighted by molar-refractivity contribution is 7.90. The minimum Gasteiger partial charge on any atom is -0.435 e. The van der Waals surface area contributed by atoms with Crippen molar-refractivity contribution in [3.63, 3.8) is 0 Å². The van der Waals surface area contributed by atoms with Crippen LogP contribution in [-0.4, -0.2) is 29.6 Å². The van der Waals surface area contributed by atoms with Gasteiger partial charge in [0.25, 0.3) is 10.2 Å². The summed E-state index contributed by atoms with van der Waals surface area (Å²) < 4.78 is 55.6. The topological polar surface area (TPSA) is 112 Å². The molecule has 0 unspecified atom stereocenters. The number of aromatic nitrogens is 3. The molecule has 11 heteroatoms. The lowest BCUT2D eigenvalue weighted by atomic mass is 10.1. The first-order chi connectivity index (χ1) is 13.8. The molecule has 0 fully saturated rings. The van der Waals surface area contributed by atoms with Gasteiger partial charge in [-0.3, -0.25) is 9.71 Å². The molecule has 2 aromatic heterocycles. The van der Waals surface area contributed by atoms with Crippen molar-refractivity contribution in [1.82, 2.24) is 14.5 Å². The number of anilines is 1. The largest absolute Gasteiger partial charge is 0.435 e. The quantitative estimate of drug-likeness (QED) is 0.499. The third-order valence-electron chi connectivity index (χ3n) is 4.21. The van der Waals surface area contributed by atoms with E-state index in [1.165, 1.54) is 12.1 Å². The summed E-state index contributed by atoms with van der Waals surface area (Å²) in [7, 11) is -3.83. The number of nitrogens with one attached hydrogen (secondary N) is 1. The van der Waals surface area contributed by atoms with Gasteiger partial charge in [-0.1, -0.05) is 12.1 Å². The first-order valence-corrected chi connectivity index (χ1v) is 9.91. The second-order valence-corrected chi connectivity index (χ2v) is 7.56. The number of benzene rings is 2. The Bertz CT molecular complexity index is 1290. The fourth-order valence-electron chi connectivity index (χ4n) is 3.07. The summed E-state index contributed by atoms with van der Waals surface area (Å²) in [5, 5.41) is 5.70. The highest BCUT2D eigenvalue weighted by Gasteiger charge is 2.12. The predicted molar refractivity (Wildman–Crippen MR) is 104 cm³/mol. The van der Waals surface area contributed by atoms with Crippen molar-refractivity contribution in [2.24, 2.45) is 5.14 Å². The molecule has 2 heterocycles. The highest BCUT2D eigenvalue weighted by atomic mass is 32.2. The maximum Gasteiger partial charge on any atom is 0.387 e. The van der Waals surface area contributed by atoms with Crippen molar-refractivity contribution >= 4 is 37.8 Å². The number of imidazole rings is 1. The molecule has 3 N–H and O–H groups in total. The van der Waals surface area contributed by atoms with E-state index in [4.69, 9.17) is 5.14 Å². The number of ether oxygens (including phenoxy) is 1. The molecule has 4 rings (SSSR count). The second-order valence-electron chi connectivity index (χ2n) is 6.27. The van der Waals surface area contributed by atoms with Gasteiger partial charge in [0, 0.05) is 23.7 Å². The third-order valence-corrected chi connectivity index (χ3v) is 4.73. The van der Waals surface area contributed by atoms with E-state index < -0.39 is 16.8 Å². The Kier molecular flexibility index (Phi) is 4.76. The van der Waals surface area contributed by atoms with Crippen LogP contribution in [0, 0.1) is 0 Å². The van der Waals surface area contributed by atoms with Gasteiger partial charge in [0.05, 0.1) is 23.6 Å². The molecule has 4 aromatic rings. The van der Waals surface area contributed by atoms with Crippen molar-refractivity contribution < 1.29 is 21.9 Å². The van der Waals surface area contributed by atoms with Crippen LogP contribution in [0.15, 0.2) is 55.0 Å². The molecule has 8 nitrogen and oxygen atoms in total. The van der Waals surface area contributed by atoms with Crippen LogP contribution in [-0.2, 0) is 16.8 Å². The molecule has 0 amide bonds. The summed E-state index contributed by atoms with van der Waals surface area (Å²) in [6, 6.07) is 11.3. The summed E-state index contributed by atoms with van der Waals surface area (Å²) in [6.45, 7) is -2.45. The summed E-state index contributed by atoms with van der Waals surface area (Å²) >= 11 is 0. The van der Waals surface area contributed by atoms with Gasteiger partial charge in [0.1, 0.15) is 11.3 Å². The molecular weight excluding hydrogens is 404 g/mol. The van der Waals surface area contributed by atoms with Crippen LogP contribution in [0.25, 0.3) is 21.9 Å². The fourth-order valence-corrected chi connectivity index (χ4v) is 3.53. The third kappa shape index (κ3) is 4.25. The van der Waals surface area contributed by atoms with Crippen LogP contribution in [0.3, 0.4) is 0 Å². The van der Waals surface area contributed by atoms with Crippen LogP contribution in [0.2, 0.25) is 0 Å². The molecule has 0 atom stereocenters. The first kappa shape index (κ1) is 19.0. The van der Waals surface area contributed by atoms with Crippen LogP contribution in [0.5, 0.6) is 5.75 Å². The van der Waals surface area contributed by atoms with E-state index in [1.54, 1.807) is 42.9 Å². The Morgan fingerprint density at radius 3 is 2.55 bits per heavy atom. The number of halogens is 2. The van der Waals surface area contributed by atoms with Gasteiger partial charge in [-0.25, -0.2) is 10.1 Å². The number of fused-ring (bicyclic) bond motifs is 3. The lowest BCUT2D eigenvalue weighted by molar-refractivity contribution is -0.0497. The average Bonchev–Trinajstić information content (AvgIpc) is 3.05. The summed E-state index contributed by atoms with van der Waals surface area (Å²) in [5.74, 6) is 0.0309. The highest BCUT2D eigenvalue weighted by Crippen LogP contribution is 2.27. The number of hydrogen-bond acceptors (Lipinski definition) is 5. The number of rotatable bonds is 6. The minimum atomic E-state index is -3.83. The molecule has 2 aromatic carbocycles. The van der Waals surface area contributed by atoms with Gasteiger partial charge >= 0.3 is 6.61 Å². The molecule has 150 valence electrons. The molecule has 0 spiro atoms. The summed E-state index contributed by atoms with van der Waals surface area (Å²) in [4.78, 5) is 8.61. The van der Waals surface area contributed by atoms with Crippen molar-refractivity contribution in [3.05, 3.63) is 60.6 Å². The Morgan fingerprint density at radius 2 is 1.86 bits per heavy atom. The Balaban J connectivity index is 1.68. The summed E-state index contributed by atoms with van der Waals surface area (Å²) in [5.41, 5.74) is 3.21. The van der Waals surface area contributed by atoms with E-state index in [-0.39, 0.29) is 5.75 Å². The number of hydrogen-bond donors (Lipinski definition) is 2. The van der Waals surface area contributed by atoms with Crippen molar-refractivity contribution in [1.29, 1.82) is 0 Å². The standard InChI is InChI=1S/C18H15F2N5O3S/c19-18(20)28-13-5-6-14-15(7-13)22-8-16-17(14)25(10-23-16)9-11-1-3-12(4-2-11)24-29(21,26)27/h1-8,10,18,24H,9H2,(H2,21,26,27). The molecule has 0 saturated carbocycles. The van der Waals surface area contributed by atoms with Gasteiger partial charge in [0.15, 0.2) is 0 Å². The van der Waals surface area contributed by atoms with Crippen LogP contribution >= 0.6 is 0 Å². The number of alkyl halides is 2. The zero-order valence-corrected chi connectivity index (χ0v) is 15.6. The Morgan fingerprint density at radius 1 is 1.10 bits per heavy atom.